The highest BCUT2D eigenvalue weighted by molar-refractivity contribution is 6.07. The second-order valence-electron chi connectivity index (χ2n) is 9.88. The molecule has 5 rings (SSSR count). The molecule has 1 atom stereocenters. The van der Waals surface area contributed by atoms with Crippen molar-refractivity contribution in [1.82, 2.24) is 25.1 Å². The van der Waals surface area contributed by atoms with E-state index in [-0.39, 0.29) is 48.2 Å². The lowest BCUT2D eigenvalue weighted by atomic mass is 9.93. The van der Waals surface area contributed by atoms with Crippen LogP contribution in [0, 0.1) is 5.82 Å². The Balaban J connectivity index is 1.31. The van der Waals surface area contributed by atoms with Crippen LogP contribution in [0.3, 0.4) is 0 Å². The van der Waals surface area contributed by atoms with Gasteiger partial charge in [0.25, 0.3) is 11.8 Å². The van der Waals surface area contributed by atoms with E-state index >= 15 is 0 Å². The molecule has 0 bridgehead atoms. The number of hydrogen-bond acceptors (Lipinski definition) is 5. The number of carbonyl (C=O) groups excluding carboxylic acids is 3. The van der Waals surface area contributed by atoms with Crippen molar-refractivity contribution >= 4 is 17.7 Å². The number of aromatic nitrogens is 2. The van der Waals surface area contributed by atoms with Crippen LogP contribution in [0.4, 0.5) is 4.39 Å². The van der Waals surface area contributed by atoms with Crippen molar-refractivity contribution < 1.29 is 23.5 Å². The van der Waals surface area contributed by atoms with E-state index < -0.39 is 11.4 Å². The van der Waals surface area contributed by atoms with Crippen molar-refractivity contribution in [3.8, 4) is 5.75 Å². The van der Waals surface area contributed by atoms with E-state index in [9.17, 15) is 18.8 Å². The summed E-state index contributed by atoms with van der Waals surface area (Å²) in [5.74, 6) is -0.748. The molecule has 3 aromatic rings. The molecule has 0 unspecified atom stereocenters. The van der Waals surface area contributed by atoms with E-state index in [4.69, 9.17) is 4.74 Å². The lowest BCUT2D eigenvalue weighted by Gasteiger charge is -2.44. The van der Waals surface area contributed by atoms with Crippen molar-refractivity contribution in [3.05, 3.63) is 83.2 Å². The van der Waals surface area contributed by atoms with Crippen LogP contribution in [0.25, 0.3) is 0 Å². The Hall–Kier alpha value is -4.21. The fourth-order valence-electron chi connectivity index (χ4n) is 5.00. The van der Waals surface area contributed by atoms with Gasteiger partial charge in [0.15, 0.2) is 5.69 Å². The summed E-state index contributed by atoms with van der Waals surface area (Å²) in [6, 6.07) is 13.4. The highest BCUT2D eigenvalue weighted by Gasteiger charge is 2.53. The molecule has 2 aromatic carbocycles. The number of ether oxygens (including phenoxy) is 1. The molecule has 0 saturated heterocycles. The maximum Gasteiger partial charge on any atom is 0.274 e. The van der Waals surface area contributed by atoms with E-state index in [0.717, 1.165) is 29.7 Å². The van der Waals surface area contributed by atoms with Crippen molar-refractivity contribution in [2.24, 2.45) is 0 Å². The van der Waals surface area contributed by atoms with E-state index in [0.29, 0.717) is 13.0 Å². The highest BCUT2D eigenvalue weighted by Crippen LogP contribution is 2.38. The number of hydrogen-bond donors (Lipinski definition) is 2. The summed E-state index contributed by atoms with van der Waals surface area (Å²) >= 11 is 0. The van der Waals surface area contributed by atoms with Gasteiger partial charge in [0.05, 0.1) is 20.0 Å². The van der Waals surface area contributed by atoms with Gasteiger partial charge >= 0.3 is 0 Å². The van der Waals surface area contributed by atoms with Crippen LogP contribution in [0.5, 0.6) is 5.75 Å². The molecule has 1 aliphatic carbocycles. The number of halogens is 1. The summed E-state index contributed by atoms with van der Waals surface area (Å²) in [6.45, 7) is 2.45. The number of benzene rings is 2. The van der Waals surface area contributed by atoms with E-state index in [1.807, 2.05) is 24.3 Å². The molecule has 3 amide bonds. The zero-order valence-corrected chi connectivity index (χ0v) is 21.4. The third-order valence-electron chi connectivity index (χ3n) is 7.12. The summed E-state index contributed by atoms with van der Waals surface area (Å²) in [6.07, 6.45) is 3.58. The van der Waals surface area contributed by atoms with E-state index in [1.165, 1.54) is 18.5 Å². The lowest BCUT2D eigenvalue weighted by molar-refractivity contribution is -0.133. The predicted octanol–water partition coefficient (Wildman–Crippen LogP) is 2.70. The topological polar surface area (TPSA) is 106 Å². The van der Waals surface area contributed by atoms with Gasteiger partial charge in [-0.05, 0) is 55.5 Å². The number of carbonyl (C=O) groups is 3. The second kappa shape index (κ2) is 10.3. The van der Waals surface area contributed by atoms with Gasteiger partial charge in [-0.2, -0.15) is 0 Å². The molecule has 0 spiro atoms. The Kier molecular flexibility index (Phi) is 6.88. The Bertz CT molecular complexity index is 1370. The van der Waals surface area contributed by atoms with E-state index in [2.05, 4.69) is 15.6 Å². The molecule has 1 aromatic heterocycles. The number of methoxy groups -OCH3 is 1. The molecule has 1 aliphatic heterocycles. The van der Waals surface area contributed by atoms with Crippen molar-refractivity contribution in [2.45, 2.75) is 50.9 Å². The highest BCUT2D eigenvalue weighted by atomic mass is 19.1. The van der Waals surface area contributed by atoms with Gasteiger partial charge in [0.2, 0.25) is 5.91 Å². The fourth-order valence-corrected chi connectivity index (χ4v) is 5.00. The minimum absolute atomic E-state index is 0.0504. The van der Waals surface area contributed by atoms with Crippen LogP contribution in [-0.2, 0) is 24.3 Å². The van der Waals surface area contributed by atoms with Gasteiger partial charge in [-0.1, -0.05) is 30.3 Å². The Morgan fingerprint density at radius 2 is 1.87 bits per heavy atom. The summed E-state index contributed by atoms with van der Waals surface area (Å²) in [5.41, 5.74) is 0.785. The van der Waals surface area contributed by atoms with E-state index in [1.54, 1.807) is 35.6 Å². The van der Waals surface area contributed by atoms with Gasteiger partial charge in [0, 0.05) is 19.1 Å². The van der Waals surface area contributed by atoms with Crippen molar-refractivity contribution in [3.63, 3.8) is 0 Å². The second-order valence-corrected chi connectivity index (χ2v) is 9.88. The standard InChI is InChI=1S/C28H30FN5O4/c1-28(27(37)31-15-18-7-9-20(29)10-8-18)16-33-17-32-23(24(33)26(36)34(28)21-11-12-21)25(35)30-14-13-19-5-3-4-6-22(19)38-2/h3-10,17,21H,11-16H2,1-2H3,(H,30,35)(H,31,37)/t28-/m0/s1. The monoisotopic (exact) mass is 519 g/mol. The SMILES string of the molecule is COc1ccccc1CCNC(=O)c1ncn2c1C(=O)N(C1CC1)[C@](C)(C(=O)NCc1ccc(F)cc1)C2. The molecule has 38 heavy (non-hydrogen) atoms. The Labute approximate surface area is 220 Å². The zero-order valence-electron chi connectivity index (χ0n) is 21.4. The molecule has 2 heterocycles. The molecule has 2 N–H and O–H groups in total. The number of nitrogens with one attached hydrogen (secondary N) is 2. The molecule has 9 nitrogen and oxygen atoms in total. The first-order chi connectivity index (χ1) is 18.3. The number of fused-ring (bicyclic) bond motifs is 1. The maximum atomic E-state index is 13.7. The van der Waals surface area contributed by atoms with Gasteiger partial charge in [-0.3, -0.25) is 14.4 Å². The van der Waals surface area contributed by atoms with Crippen LogP contribution >= 0.6 is 0 Å². The van der Waals surface area contributed by atoms with Crippen molar-refractivity contribution in [1.29, 1.82) is 0 Å². The van der Waals surface area contributed by atoms with Crippen LogP contribution in [0.1, 0.15) is 51.9 Å². The number of imidazole rings is 1. The van der Waals surface area contributed by atoms with Crippen LogP contribution < -0.4 is 15.4 Å². The fraction of sp³-hybridized carbons (Fsp3) is 0.357. The van der Waals surface area contributed by atoms with Gasteiger partial charge in [0.1, 0.15) is 22.8 Å². The average Bonchev–Trinajstić information content (AvgIpc) is 3.65. The number of amides is 3. The quantitative estimate of drug-likeness (QED) is 0.452. The molecule has 0 radical (unpaired) electrons. The zero-order chi connectivity index (χ0) is 26.9. The van der Waals surface area contributed by atoms with Crippen molar-refractivity contribution in [2.75, 3.05) is 13.7 Å². The van der Waals surface area contributed by atoms with Crippen LogP contribution in [0.2, 0.25) is 0 Å². The predicted molar refractivity (Wildman–Crippen MR) is 137 cm³/mol. The first-order valence-electron chi connectivity index (χ1n) is 12.6. The largest absolute Gasteiger partial charge is 0.496 e. The van der Waals surface area contributed by atoms with Gasteiger partial charge < -0.3 is 24.8 Å². The normalized spacial score (nSPS) is 18.6. The molecular formula is C28H30FN5O4. The van der Waals surface area contributed by atoms with Gasteiger partial charge in [-0.15, -0.1) is 0 Å². The Morgan fingerprint density at radius 3 is 2.58 bits per heavy atom. The number of nitrogens with zero attached hydrogens (tertiary/aromatic N) is 3. The third kappa shape index (κ3) is 4.85. The minimum atomic E-state index is -1.16. The molecular weight excluding hydrogens is 489 g/mol. The average molecular weight is 520 g/mol. The number of para-hydroxylation sites is 1. The summed E-state index contributed by atoms with van der Waals surface area (Å²) < 4.78 is 20.2. The summed E-state index contributed by atoms with van der Waals surface area (Å²) in [4.78, 5) is 46.1. The molecule has 198 valence electrons. The summed E-state index contributed by atoms with van der Waals surface area (Å²) in [5, 5.41) is 5.75. The molecule has 1 fully saturated rings. The van der Waals surface area contributed by atoms with Crippen LogP contribution in [0.15, 0.2) is 54.9 Å². The number of rotatable bonds is 9. The first kappa shape index (κ1) is 25.4. The molecule has 10 heteroatoms. The van der Waals surface area contributed by atoms with Crippen LogP contribution in [-0.4, -0.2) is 57.4 Å². The molecule has 2 aliphatic rings. The lowest BCUT2D eigenvalue weighted by Crippen LogP contribution is -2.64. The minimum Gasteiger partial charge on any atom is -0.496 e. The van der Waals surface area contributed by atoms with Gasteiger partial charge in [-0.25, -0.2) is 9.37 Å². The molecule has 1 saturated carbocycles. The first-order valence-corrected chi connectivity index (χ1v) is 12.6. The third-order valence-corrected chi connectivity index (χ3v) is 7.12. The smallest absolute Gasteiger partial charge is 0.274 e. The maximum absolute atomic E-state index is 13.7. The Morgan fingerprint density at radius 1 is 1.13 bits per heavy atom. The summed E-state index contributed by atoms with van der Waals surface area (Å²) in [7, 11) is 1.60.